The van der Waals surface area contributed by atoms with E-state index in [9.17, 15) is 4.79 Å². The van der Waals surface area contributed by atoms with Crippen molar-refractivity contribution in [3.8, 4) is 0 Å². The molecule has 1 fully saturated rings. The molecule has 0 saturated carbocycles. The predicted octanol–water partition coefficient (Wildman–Crippen LogP) is 2.21. The standard InChI is InChI=1S/C12H17NO3/c1-9-2-5-13(6-3-9)8-10-4-7-16-11(10)12(14)15/h4,7,9H,2-3,5-6,8H2,1H3,(H,14,15). The summed E-state index contributed by atoms with van der Waals surface area (Å²) in [5, 5.41) is 8.91. The third-order valence-corrected chi connectivity index (χ3v) is 3.21. The lowest BCUT2D eigenvalue weighted by Crippen LogP contribution is -2.32. The van der Waals surface area contributed by atoms with Gasteiger partial charge in [-0.15, -0.1) is 0 Å². The fourth-order valence-electron chi connectivity index (χ4n) is 2.11. The molecular formula is C12H17NO3. The van der Waals surface area contributed by atoms with Gasteiger partial charge in [-0.1, -0.05) is 6.92 Å². The van der Waals surface area contributed by atoms with Crippen LogP contribution in [0.1, 0.15) is 35.9 Å². The molecule has 0 aliphatic carbocycles. The number of carbonyl (C=O) groups is 1. The van der Waals surface area contributed by atoms with E-state index in [0.29, 0.717) is 6.54 Å². The number of hydrogen-bond acceptors (Lipinski definition) is 3. The minimum absolute atomic E-state index is 0.0821. The minimum Gasteiger partial charge on any atom is -0.475 e. The molecule has 2 rings (SSSR count). The molecule has 16 heavy (non-hydrogen) atoms. The molecule has 1 aromatic heterocycles. The molecule has 1 N–H and O–H groups in total. The van der Waals surface area contributed by atoms with E-state index in [2.05, 4.69) is 11.8 Å². The smallest absolute Gasteiger partial charge is 0.372 e. The first kappa shape index (κ1) is 11.2. The van der Waals surface area contributed by atoms with Gasteiger partial charge in [-0.2, -0.15) is 0 Å². The zero-order valence-electron chi connectivity index (χ0n) is 9.48. The Labute approximate surface area is 94.9 Å². The number of piperidine rings is 1. The normalized spacial score (nSPS) is 18.8. The Morgan fingerprint density at radius 3 is 2.88 bits per heavy atom. The van der Waals surface area contributed by atoms with Crippen LogP contribution in [0.5, 0.6) is 0 Å². The molecule has 4 heteroatoms. The lowest BCUT2D eigenvalue weighted by atomic mass is 9.99. The molecule has 1 aliphatic heterocycles. The fraction of sp³-hybridized carbons (Fsp3) is 0.583. The summed E-state index contributed by atoms with van der Waals surface area (Å²) >= 11 is 0. The second-order valence-corrected chi connectivity index (χ2v) is 4.54. The molecule has 0 bridgehead atoms. The van der Waals surface area contributed by atoms with Crippen molar-refractivity contribution in [2.75, 3.05) is 13.1 Å². The van der Waals surface area contributed by atoms with Gasteiger partial charge in [0.1, 0.15) is 0 Å². The highest BCUT2D eigenvalue weighted by Gasteiger charge is 2.20. The molecular weight excluding hydrogens is 206 g/mol. The van der Waals surface area contributed by atoms with Gasteiger partial charge >= 0.3 is 5.97 Å². The zero-order valence-corrected chi connectivity index (χ0v) is 9.48. The highest BCUT2D eigenvalue weighted by atomic mass is 16.4. The highest BCUT2D eigenvalue weighted by Crippen LogP contribution is 2.20. The lowest BCUT2D eigenvalue weighted by molar-refractivity contribution is 0.0658. The monoisotopic (exact) mass is 223 g/mol. The third kappa shape index (κ3) is 2.44. The van der Waals surface area contributed by atoms with Gasteiger partial charge in [0.05, 0.1) is 6.26 Å². The molecule has 0 atom stereocenters. The maximum absolute atomic E-state index is 10.9. The van der Waals surface area contributed by atoms with E-state index in [1.54, 1.807) is 6.07 Å². The zero-order chi connectivity index (χ0) is 11.5. The quantitative estimate of drug-likeness (QED) is 0.853. The maximum atomic E-state index is 10.9. The van der Waals surface area contributed by atoms with Crippen LogP contribution in [0.4, 0.5) is 0 Å². The van der Waals surface area contributed by atoms with E-state index in [1.807, 2.05) is 0 Å². The van der Waals surface area contributed by atoms with Crippen LogP contribution >= 0.6 is 0 Å². The number of hydrogen-bond donors (Lipinski definition) is 1. The minimum atomic E-state index is -0.981. The van der Waals surface area contributed by atoms with Gasteiger partial charge in [0, 0.05) is 12.1 Å². The maximum Gasteiger partial charge on any atom is 0.372 e. The van der Waals surface area contributed by atoms with Crippen LogP contribution in [-0.4, -0.2) is 29.1 Å². The Morgan fingerprint density at radius 2 is 2.25 bits per heavy atom. The predicted molar refractivity (Wildman–Crippen MR) is 59.3 cm³/mol. The first-order valence-corrected chi connectivity index (χ1v) is 5.69. The molecule has 0 radical (unpaired) electrons. The van der Waals surface area contributed by atoms with E-state index in [1.165, 1.54) is 19.1 Å². The number of aromatic carboxylic acids is 1. The van der Waals surface area contributed by atoms with Crippen molar-refractivity contribution in [3.05, 3.63) is 23.7 Å². The van der Waals surface area contributed by atoms with Gasteiger partial charge in [-0.3, -0.25) is 4.90 Å². The van der Waals surface area contributed by atoms with Crippen molar-refractivity contribution in [2.24, 2.45) is 5.92 Å². The van der Waals surface area contributed by atoms with Crippen LogP contribution in [0, 0.1) is 5.92 Å². The summed E-state index contributed by atoms with van der Waals surface area (Å²) in [6, 6.07) is 1.75. The Balaban J connectivity index is 1.98. The molecule has 1 aromatic rings. The van der Waals surface area contributed by atoms with E-state index in [4.69, 9.17) is 9.52 Å². The van der Waals surface area contributed by atoms with Crippen LogP contribution in [0.15, 0.2) is 16.7 Å². The lowest BCUT2D eigenvalue weighted by Gasteiger charge is -2.29. The number of furan rings is 1. The van der Waals surface area contributed by atoms with Gasteiger partial charge in [-0.25, -0.2) is 4.79 Å². The number of rotatable bonds is 3. The molecule has 1 aliphatic rings. The molecule has 0 unspecified atom stereocenters. The number of carboxylic acids is 1. The Bertz CT molecular complexity index is 364. The molecule has 1 saturated heterocycles. The Hall–Kier alpha value is -1.29. The summed E-state index contributed by atoms with van der Waals surface area (Å²) in [6.07, 6.45) is 3.84. The van der Waals surface area contributed by atoms with Gasteiger partial charge in [0.2, 0.25) is 5.76 Å². The fourth-order valence-corrected chi connectivity index (χ4v) is 2.11. The molecule has 2 heterocycles. The second-order valence-electron chi connectivity index (χ2n) is 4.54. The van der Waals surface area contributed by atoms with Crippen molar-refractivity contribution < 1.29 is 14.3 Å². The van der Waals surface area contributed by atoms with Crippen molar-refractivity contribution in [3.63, 3.8) is 0 Å². The molecule has 0 aromatic carbocycles. The first-order chi connectivity index (χ1) is 7.66. The summed E-state index contributed by atoms with van der Waals surface area (Å²) in [6.45, 7) is 5.04. The average molecular weight is 223 g/mol. The molecule has 0 amide bonds. The largest absolute Gasteiger partial charge is 0.475 e. The Kier molecular flexibility index (Phi) is 3.29. The van der Waals surface area contributed by atoms with Crippen LogP contribution in [0.3, 0.4) is 0 Å². The number of carboxylic acid groups (broad SMARTS) is 1. The second kappa shape index (κ2) is 4.70. The summed E-state index contributed by atoms with van der Waals surface area (Å²) in [5.74, 6) is -0.108. The summed E-state index contributed by atoms with van der Waals surface area (Å²) < 4.78 is 4.96. The van der Waals surface area contributed by atoms with E-state index < -0.39 is 5.97 Å². The van der Waals surface area contributed by atoms with Crippen molar-refractivity contribution in [2.45, 2.75) is 26.3 Å². The first-order valence-electron chi connectivity index (χ1n) is 5.69. The molecule has 88 valence electrons. The van der Waals surface area contributed by atoms with Gasteiger partial charge in [0.15, 0.2) is 0 Å². The van der Waals surface area contributed by atoms with Crippen molar-refractivity contribution >= 4 is 5.97 Å². The van der Waals surface area contributed by atoms with Crippen molar-refractivity contribution in [1.29, 1.82) is 0 Å². The van der Waals surface area contributed by atoms with Crippen LogP contribution < -0.4 is 0 Å². The van der Waals surface area contributed by atoms with Crippen molar-refractivity contribution in [1.82, 2.24) is 4.90 Å². The van der Waals surface area contributed by atoms with Crippen LogP contribution in [0.25, 0.3) is 0 Å². The summed E-state index contributed by atoms with van der Waals surface area (Å²) in [5.41, 5.74) is 0.780. The van der Waals surface area contributed by atoms with E-state index >= 15 is 0 Å². The SMILES string of the molecule is CC1CCN(Cc2ccoc2C(=O)O)CC1. The summed E-state index contributed by atoms with van der Waals surface area (Å²) in [7, 11) is 0. The highest BCUT2D eigenvalue weighted by molar-refractivity contribution is 5.86. The van der Waals surface area contributed by atoms with E-state index in [0.717, 1.165) is 24.6 Å². The van der Waals surface area contributed by atoms with Crippen LogP contribution in [-0.2, 0) is 6.54 Å². The number of likely N-dealkylation sites (tertiary alicyclic amines) is 1. The number of nitrogens with zero attached hydrogens (tertiary/aromatic N) is 1. The van der Waals surface area contributed by atoms with E-state index in [-0.39, 0.29) is 5.76 Å². The van der Waals surface area contributed by atoms with Gasteiger partial charge < -0.3 is 9.52 Å². The molecule has 0 spiro atoms. The topological polar surface area (TPSA) is 53.7 Å². The average Bonchev–Trinajstić information content (AvgIpc) is 2.69. The third-order valence-electron chi connectivity index (χ3n) is 3.21. The Morgan fingerprint density at radius 1 is 1.56 bits per heavy atom. The van der Waals surface area contributed by atoms with Crippen LogP contribution in [0.2, 0.25) is 0 Å². The summed E-state index contributed by atoms with van der Waals surface area (Å²) in [4.78, 5) is 13.2. The van der Waals surface area contributed by atoms with Gasteiger partial charge in [0.25, 0.3) is 0 Å². The van der Waals surface area contributed by atoms with Gasteiger partial charge in [-0.05, 0) is 37.9 Å². The molecule has 4 nitrogen and oxygen atoms in total.